The molecule has 0 aromatic heterocycles. The summed E-state index contributed by atoms with van der Waals surface area (Å²) < 4.78 is 0. The number of nitrogens with two attached hydrogens (primary N) is 1. The maximum absolute atomic E-state index is 12.8. The zero-order valence-corrected chi connectivity index (χ0v) is 13.5. The van der Waals surface area contributed by atoms with Crippen LogP contribution in [0.5, 0.6) is 0 Å². The number of carbonyl (C=O) groups excluding carboxylic acids is 1. The van der Waals surface area contributed by atoms with Crippen LogP contribution in [-0.4, -0.2) is 28.4 Å². The van der Waals surface area contributed by atoms with Crippen LogP contribution in [0.15, 0.2) is 0 Å². The maximum atomic E-state index is 12.8. The van der Waals surface area contributed by atoms with E-state index >= 15 is 0 Å². The van der Waals surface area contributed by atoms with Crippen LogP contribution in [0.25, 0.3) is 0 Å². The third-order valence-corrected chi connectivity index (χ3v) is 4.10. The molecule has 1 amide bonds. The Bertz CT molecular complexity index is 322. The van der Waals surface area contributed by atoms with Crippen LogP contribution < -0.4 is 5.73 Å². The van der Waals surface area contributed by atoms with Crippen LogP contribution in [0.4, 0.5) is 0 Å². The molecule has 0 aromatic rings. The minimum Gasteiger partial charge on any atom is -0.393 e. The predicted molar refractivity (Wildman–Crippen MR) is 83.9 cm³/mol. The molecule has 0 saturated heterocycles. The van der Waals surface area contributed by atoms with Gasteiger partial charge in [0.15, 0.2) is 0 Å². The first-order valence-corrected chi connectivity index (χ1v) is 7.85. The lowest BCUT2D eigenvalue weighted by molar-refractivity contribution is -0.137. The highest BCUT2D eigenvalue weighted by atomic mass is 32.1. The summed E-state index contributed by atoms with van der Waals surface area (Å²) >= 11 is 5.11. The van der Waals surface area contributed by atoms with Crippen molar-refractivity contribution >= 4 is 23.1 Å². The molecular formula is C15H28N2OS. The van der Waals surface area contributed by atoms with E-state index < -0.39 is 0 Å². The molecule has 0 bridgehead atoms. The standard InChI is InChI=1S/C15H28N2OS/c1-10(2)9-17(12-7-5-6-8-12)15(18)13(11(3)4)14(16)19/h10-13H,5-9H2,1-4H3,(H2,16,19). The van der Waals surface area contributed by atoms with Gasteiger partial charge in [0.1, 0.15) is 0 Å². The molecule has 19 heavy (non-hydrogen) atoms. The van der Waals surface area contributed by atoms with Gasteiger partial charge >= 0.3 is 0 Å². The number of rotatable bonds is 6. The van der Waals surface area contributed by atoms with Crippen molar-refractivity contribution in [2.24, 2.45) is 23.5 Å². The molecule has 4 heteroatoms. The summed E-state index contributed by atoms with van der Waals surface area (Å²) in [6, 6.07) is 0.394. The van der Waals surface area contributed by atoms with Crippen LogP contribution >= 0.6 is 12.2 Å². The van der Waals surface area contributed by atoms with E-state index in [2.05, 4.69) is 18.7 Å². The fraction of sp³-hybridized carbons (Fsp3) is 0.867. The Labute approximate surface area is 122 Å². The van der Waals surface area contributed by atoms with Gasteiger partial charge in [0.25, 0.3) is 0 Å². The molecule has 0 radical (unpaired) electrons. The molecule has 1 aliphatic rings. The molecule has 1 saturated carbocycles. The van der Waals surface area contributed by atoms with Crippen molar-refractivity contribution < 1.29 is 4.79 Å². The average molecular weight is 284 g/mol. The SMILES string of the molecule is CC(C)CN(C(=O)C(C(N)=S)C(C)C)C1CCCC1. The summed E-state index contributed by atoms with van der Waals surface area (Å²) in [6.45, 7) is 9.16. The molecule has 3 nitrogen and oxygen atoms in total. The Morgan fingerprint density at radius 1 is 1.26 bits per heavy atom. The number of hydrogen-bond acceptors (Lipinski definition) is 2. The van der Waals surface area contributed by atoms with Gasteiger partial charge in [0.05, 0.1) is 10.9 Å². The predicted octanol–water partition coefficient (Wildman–Crippen LogP) is 2.97. The highest BCUT2D eigenvalue weighted by Gasteiger charge is 2.34. The molecule has 2 N–H and O–H groups in total. The lowest BCUT2D eigenvalue weighted by atomic mass is 9.93. The summed E-state index contributed by atoms with van der Waals surface area (Å²) in [4.78, 5) is 15.2. The fourth-order valence-corrected chi connectivity index (χ4v) is 3.32. The van der Waals surface area contributed by atoms with E-state index in [-0.39, 0.29) is 17.7 Å². The monoisotopic (exact) mass is 284 g/mol. The number of nitrogens with zero attached hydrogens (tertiary/aromatic N) is 1. The highest BCUT2D eigenvalue weighted by molar-refractivity contribution is 7.80. The van der Waals surface area contributed by atoms with E-state index in [1.54, 1.807) is 0 Å². The normalized spacial score (nSPS) is 18.0. The third-order valence-electron chi connectivity index (χ3n) is 3.85. The Morgan fingerprint density at radius 2 is 1.79 bits per heavy atom. The van der Waals surface area contributed by atoms with Crippen molar-refractivity contribution in [3.63, 3.8) is 0 Å². The van der Waals surface area contributed by atoms with Crippen molar-refractivity contribution in [2.45, 2.75) is 59.4 Å². The molecule has 110 valence electrons. The van der Waals surface area contributed by atoms with Crippen molar-refractivity contribution in [3.8, 4) is 0 Å². The number of hydrogen-bond donors (Lipinski definition) is 1. The highest BCUT2D eigenvalue weighted by Crippen LogP contribution is 2.27. The van der Waals surface area contributed by atoms with E-state index in [0.29, 0.717) is 16.9 Å². The topological polar surface area (TPSA) is 46.3 Å². The van der Waals surface area contributed by atoms with E-state index in [1.807, 2.05) is 13.8 Å². The largest absolute Gasteiger partial charge is 0.393 e. The van der Waals surface area contributed by atoms with Gasteiger partial charge < -0.3 is 10.6 Å². The summed E-state index contributed by atoms with van der Waals surface area (Å²) in [6.07, 6.45) is 4.71. The molecule has 1 rings (SSSR count). The van der Waals surface area contributed by atoms with Crippen molar-refractivity contribution in [1.29, 1.82) is 0 Å². The Hall–Kier alpha value is -0.640. The molecule has 0 heterocycles. The average Bonchev–Trinajstić information content (AvgIpc) is 2.77. The van der Waals surface area contributed by atoms with Crippen LogP contribution in [0, 0.1) is 17.8 Å². The fourth-order valence-electron chi connectivity index (χ4n) is 2.94. The number of amides is 1. The van der Waals surface area contributed by atoms with Crippen LogP contribution in [0.3, 0.4) is 0 Å². The second-order valence-corrected chi connectivity index (χ2v) is 6.92. The second kappa shape index (κ2) is 7.22. The van der Waals surface area contributed by atoms with Crippen LogP contribution in [-0.2, 0) is 4.79 Å². The number of thiocarbonyl (C=S) groups is 1. The Morgan fingerprint density at radius 3 is 2.16 bits per heavy atom. The van der Waals surface area contributed by atoms with Gasteiger partial charge in [-0.05, 0) is 24.7 Å². The quantitative estimate of drug-likeness (QED) is 0.763. The smallest absolute Gasteiger partial charge is 0.233 e. The molecule has 0 spiro atoms. The van der Waals surface area contributed by atoms with E-state index in [0.717, 1.165) is 19.4 Å². The first kappa shape index (κ1) is 16.4. The van der Waals surface area contributed by atoms with Crippen molar-refractivity contribution in [1.82, 2.24) is 4.90 Å². The van der Waals surface area contributed by atoms with Crippen molar-refractivity contribution in [3.05, 3.63) is 0 Å². The van der Waals surface area contributed by atoms with Gasteiger partial charge in [-0.3, -0.25) is 4.79 Å². The zero-order valence-electron chi connectivity index (χ0n) is 12.7. The molecule has 0 aliphatic heterocycles. The second-order valence-electron chi connectivity index (χ2n) is 6.45. The Kier molecular flexibility index (Phi) is 6.24. The van der Waals surface area contributed by atoms with Gasteiger partial charge in [-0.25, -0.2) is 0 Å². The summed E-state index contributed by atoms with van der Waals surface area (Å²) in [5.41, 5.74) is 5.79. The van der Waals surface area contributed by atoms with E-state index in [4.69, 9.17) is 18.0 Å². The van der Waals surface area contributed by atoms with Gasteiger partial charge in [0.2, 0.25) is 5.91 Å². The third kappa shape index (κ3) is 4.44. The van der Waals surface area contributed by atoms with Crippen molar-refractivity contribution in [2.75, 3.05) is 6.54 Å². The molecular weight excluding hydrogens is 256 g/mol. The van der Waals surface area contributed by atoms with Crippen LogP contribution in [0.2, 0.25) is 0 Å². The molecule has 1 unspecified atom stereocenters. The van der Waals surface area contributed by atoms with Gasteiger partial charge in [0, 0.05) is 12.6 Å². The van der Waals surface area contributed by atoms with E-state index in [1.165, 1.54) is 12.8 Å². The van der Waals surface area contributed by atoms with Gasteiger partial charge in [-0.15, -0.1) is 0 Å². The first-order valence-electron chi connectivity index (χ1n) is 7.44. The minimum absolute atomic E-state index is 0.142. The first-order chi connectivity index (χ1) is 8.84. The summed E-state index contributed by atoms with van der Waals surface area (Å²) in [5.74, 6) is 0.474. The zero-order chi connectivity index (χ0) is 14.6. The molecule has 1 aliphatic carbocycles. The van der Waals surface area contributed by atoms with E-state index in [9.17, 15) is 4.79 Å². The minimum atomic E-state index is -0.311. The molecule has 0 aromatic carbocycles. The lowest BCUT2D eigenvalue weighted by Crippen LogP contribution is -2.48. The summed E-state index contributed by atoms with van der Waals surface area (Å²) in [5, 5.41) is 0. The van der Waals surface area contributed by atoms with Gasteiger partial charge in [-0.1, -0.05) is 52.8 Å². The molecule has 1 fully saturated rings. The Balaban J connectivity index is 2.88. The summed E-state index contributed by atoms with van der Waals surface area (Å²) in [7, 11) is 0. The molecule has 1 atom stereocenters. The number of carbonyl (C=O) groups is 1. The lowest BCUT2D eigenvalue weighted by Gasteiger charge is -2.34. The maximum Gasteiger partial charge on any atom is 0.233 e. The van der Waals surface area contributed by atoms with Crippen LogP contribution in [0.1, 0.15) is 53.4 Å². The van der Waals surface area contributed by atoms with Gasteiger partial charge in [-0.2, -0.15) is 0 Å².